The molecule has 5 fully saturated rings. The summed E-state index contributed by atoms with van der Waals surface area (Å²) in [7, 11) is 0. The van der Waals surface area contributed by atoms with E-state index < -0.39 is 0 Å². The van der Waals surface area contributed by atoms with E-state index in [0.717, 1.165) is 62.9 Å². The topological polar surface area (TPSA) is 82.3 Å². The van der Waals surface area contributed by atoms with Crippen LogP contribution < -0.4 is 21.3 Å². The maximum atomic E-state index is 12.3. The highest BCUT2D eigenvalue weighted by atomic mass is 16.2. The van der Waals surface area contributed by atoms with Crippen LogP contribution in [0.25, 0.3) is 0 Å². The zero-order valence-corrected chi connectivity index (χ0v) is 15.1. The van der Waals surface area contributed by atoms with Crippen molar-refractivity contribution in [2.45, 2.75) is 69.4 Å². The number of carbonyl (C=O) groups is 2. The Labute approximate surface area is 150 Å². The summed E-state index contributed by atoms with van der Waals surface area (Å²) in [4.78, 5) is 24.3. The third kappa shape index (κ3) is 4.10. The molecule has 4 N–H and O–H groups in total. The lowest BCUT2D eigenvalue weighted by molar-refractivity contribution is -0.121. The van der Waals surface area contributed by atoms with E-state index in [1.807, 2.05) is 0 Å². The van der Waals surface area contributed by atoms with Crippen molar-refractivity contribution in [2.75, 3.05) is 19.6 Å². The molecule has 0 aromatic rings. The van der Waals surface area contributed by atoms with Crippen molar-refractivity contribution in [1.82, 2.24) is 21.3 Å². The Morgan fingerprint density at radius 3 is 2.32 bits per heavy atom. The van der Waals surface area contributed by atoms with Crippen molar-refractivity contribution in [2.24, 2.45) is 17.8 Å². The van der Waals surface area contributed by atoms with Crippen LogP contribution in [0.4, 0.5) is 4.79 Å². The number of hydrogen-bond donors (Lipinski definition) is 4. The van der Waals surface area contributed by atoms with E-state index in [4.69, 9.17) is 0 Å². The van der Waals surface area contributed by atoms with Gasteiger partial charge in [-0.25, -0.2) is 4.79 Å². The minimum atomic E-state index is -0.0888. The second kappa shape index (κ2) is 7.14. The third-order valence-corrected chi connectivity index (χ3v) is 6.72. The van der Waals surface area contributed by atoms with Gasteiger partial charge in [0.05, 0.1) is 0 Å². The highest BCUT2D eigenvalue weighted by molar-refractivity contribution is 5.78. The highest BCUT2D eigenvalue weighted by Gasteiger charge is 2.51. The lowest BCUT2D eigenvalue weighted by atomic mass is 9.53. The van der Waals surface area contributed by atoms with E-state index >= 15 is 0 Å². The zero-order valence-electron chi connectivity index (χ0n) is 15.1. The van der Waals surface area contributed by atoms with Crippen molar-refractivity contribution >= 4 is 11.9 Å². The average Bonchev–Trinajstić information content (AvgIpc) is 2.53. The van der Waals surface area contributed by atoms with Crippen molar-refractivity contribution in [3.05, 3.63) is 0 Å². The molecule has 5 rings (SSSR count). The summed E-state index contributed by atoms with van der Waals surface area (Å²) in [5.74, 6) is 2.49. The van der Waals surface area contributed by atoms with Gasteiger partial charge >= 0.3 is 6.03 Å². The van der Waals surface area contributed by atoms with Crippen molar-refractivity contribution in [3.8, 4) is 0 Å². The highest BCUT2D eigenvalue weighted by Crippen LogP contribution is 2.55. The molecule has 0 radical (unpaired) electrons. The molecule has 4 aliphatic carbocycles. The summed E-state index contributed by atoms with van der Waals surface area (Å²) in [6, 6.07) is 0.149. The number of nitrogens with one attached hydrogen (secondary N) is 4. The van der Waals surface area contributed by atoms with Gasteiger partial charge in [0.1, 0.15) is 0 Å². The summed E-state index contributed by atoms with van der Waals surface area (Å²) in [6.45, 7) is 2.30. The van der Waals surface area contributed by atoms with Crippen LogP contribution in [0.3, 0.4) is 0 Å². The number of carbonyl (C=O) groups excluding carboxylic acids is 2. The molecule has 1 heterocycles. The van der Waals surface area contributed by atoms with Crippen LogP contribution in [-0.4, -0.2) is 43.2 Å². The summed E-state index contributed by atoms with van der Waals surface area (Å²) in [5.41, 5.74) is 0.0366. The molecule has 4 bridgehead atoms. The first-order chi connectivity index (χ1) is 12.1. The molecule has 4 saturated carbocycles. The number of hydrogen-bond acceptors (Lipinski definition) is 3. The van der Waals surface area contributed by atoms with Gasteiger partial charge in [-0.2, -0.15) is 0 Å². The smallest absolute Gasteiger partial charge is 0.315 e. The van der Waals surface area contributed by atoms with Crippen LogP contribution >= 0.6 is 0 Å². The van der Waals surface area contributed by atoms with Crippen molar-refractivity contribution in [1.29, 1.82) is 0 Å². The van der Waals surface area contributed by atoms with E-state index in [-0.39, 0.29) is 23.5 Å². The van der Waals surface area contributed by atoms with Crippen LogP contribution in [0.5, 0.6) is 0 Å². The largest absolute Gasteiger partial charge is 0.352 e. The molecule has 25 heavy (non-hydrogen) atoms. The predicted octanol–water partition coefficient (Wildman–Crippen LogP) is 1.51. The van der Waals surface area contributed by atoms with Crippen LogP contribution in [0.1, 0.15) is 57.8 Å². The first-order valence-electron chi connectivity index (χ1n) is 10.2. The Kier molecular flexibility index (Phi) is 4.89. The maximum absolute atomic E-state index is 12.3. The van der Waals surface area contributed by atoms with E-state index in [0.29, 0.717) is 13.0 Å². The third-order valence-electron chi connectivity index (χ3n) is 6.72. The van der Waals surface area contributed by atoms with Crippen LogP contribution in [-0.2, 0) is 4.79 Å². The SMILES string of the molecule is O=C(CCNC(=O)NC12CC3CC(CC(C3)C1)C2)N[C@H]1CCCNC1. The standard InChI is InChI=1S/C19H32N4O2/c24-17(22-16-2-1-4-20-12-16)3-5-21-18(25)23-19-9-13-6-14(10-19)8-15(7-13)11-19/h13-16,20H,1-12H2,(H,22,24)(H2,21,23,25)/t13?,14?,15?,16-,19?/m0/s1. The van der Waals surface area contributed by atoms with Crippen LogP contribution in [0.2, 0.25) is 0 Å². The Bertz CT molecular complexity index is 480. The Morgan fingerprint density at radius 2 is 1.72 bits per heavy atom. The summed E-state index contributed by atoms with van der Waals surface area (Å²) in [6.07, 6.45) is 10.1. The molecule has 1 atom stereocenters. The van der Waals surface area contributed by atoms with Gasteiger partial charge in [0.15, 0.2) is 0 Å². The molecule has 1 aliphatic heterocycles. The normalized spacial score (nSPS) is 39.0. The first kappa shape index (κ1) is 17.1. The predicted molar refractivity (Wildman–Crippen MR) is 96.1 cm³/mol. The van der Waals surface area contributed by atoms with Gasteiger partial charge in [0.2, 0.25) is 5.91 Å². The lowest BCUT2D eigenvalue weighted by Crippen LogP contribution is -2.61. The zero-order chi connectivity index (χ0) is 17.3. The molecule has 140 valence electrons. The average molecular weight is 348 g/mol. The van der Waals surface area contributed by atoms with Crippen molar-refractivity contribution in [3.63, 3.8) is 0 Å². The van der Waals surface area contributed by atoms with Crippen LogP contribution in [0.15, 0.2) is 0 Å². The van der Waals surface area contributed by atoms with Gasteiger partial charge in [-0.05, 0) is 75.7 Å². The van der Waals surface area contributed by atoms with Crippen LogP contribution in [0, 0.1) is 17.8 Å². The van der Waals surface area contributed by atoms with E-state index in [1.54, 1.807) is 0 Å². The fraction of sp³-hybridized carbons (Fsp3) is 0.895. The monoisotopic (exact) mass is 348 g/mol. The van der Waals surface area contributed by atoms with Gasteiger partial charge in [-0.3, -0.25) is 4.79 Å². The first-order valence-corrected chi connectivity index (χ1v) is 10.2. The fourth-order valence-corrected chi connectivity index (χ4v) is 6.11. The second-order valence-electron chi connectivity index (χ2n) is 8.94. The maximum Gasteiger partial charge on any atom is 0.315 e. The quantitative estimate of drug-likeness (QED) is 0.608. The number of urea groups is 1. The van der Waals surface area contributed by atoms with Gasteiger partial charge in [0.25, 0.3) is 0 Å². The van der Waals surface area contributed by atoms with Gasteiger partial charge in [0, 0.05) is 31.1 Å². The summed E-state index contributed by atoms with van der Waals surface area (Å²) in [5, 5.41) is 12.5. The molecule has 6 heteroatoms. The Morgan fingerprint density at radius 1 is 1.04 bits per heavy atom. The van der Waals surface area contributed by atoms with Gasteiger partial charge in [-0.1, -0.05) is 0 Å². The minimum Gasteiger partial charge on any atom is -0.352 e. The Hall–Kier alpha value is -1.30. The second-order valence-corrected chi connectivity index (χ2v) is 8.94. The van der Waals surface area contributed by atoms with E-state index in [9.17, 15) is 9.59 Å². The number of amides is 3. The molecule has 0 aromatic heterocycles. The van der Waals surface area contributed by atoms with E-state index in [1.165, 1.54) is 19.3 Å². The molecule has 5 aliphatic rings. The minimum absolute atomic E-state index is 0.0313. The molecular weight excluding hydrogens is 316 g/mol. The van der Waals surface area contributed by atoms with Gasteiger partial charge in [-0.15, -0.1) is 0 Å². The van der Waals surface area contributed by atoms with E-state index in [2.05, 4.69) is 21.3 Å². The Balaban J connectivity index is 1.17. The number of rotatable bonds is 5. The molecule has 1 saturated heterocycles. The fourth-order valence-electron chi connectivity index (χ4n) is 6.11. The summed E-state index contributed by atoms with van der Waals surface area (Å²) < 4.78 is 0. The molecule has 6 nitrogen and oxygen atoms in total. The molecule has 0 aromatic carbocycles. The molecule has 0 spiro atoms. The molecular formula is C19H32N4O2. The lowest BCUT2D eigenvalue weighted by Gasteiger charge is -2.56. The number of piperidine rings is 1. The molecule has 0 unspecified atom stereocenters. The van der Waals surface area contributed by atoms with Gasteiger partial charge < -0.3 is 21.3 Å². The van der Waals surface area contributed by atoms with Crippen molar-refractivity contribution < 1.29 is 9.59 Å². The molecule has 3 amide bonds. The summed E-state index contributed by atoms with van der Waals surface area (Å²) >= 11 is 0.